The molecule has 39 heavy (non-hydrogen) atoms. The first-order valence-electron chi connectivity index (χ1n) is 12.4. The number of halogens is 5. The summed E-state index contributed by atoms with van der Waals surface area (Å²) in [7, 11) is 0. The number of hydrogen-bond donors (Lipinski definition) is 2. The van der Waals surface area contributed by atoms with E-state index < -0.39 is 5.97 Å². The van der Waals surface area contributed by atoms with Crippen molar-refractivity contribution in [2.45, 2.75) is 45.7 Å². The average Bonchev–Trinajstić information content (AvgIpc) is 2.87. The van der Waals surface area contributed by atoms with Gasteiger partial charge in [0, 0.05) is 68.6 Å². The Morgan fingerprint density at radius 1 is 1.03 bits per heavy atom. The molecule has 4 rings (SSSR count). The molecule has 0 aliphatic carbocycles. The Hall–Kier alpha value is -1.84. The van der Waals surface area contributed by atoms with Crippen molar-refractivity contribution >= 4 is 54.8 Å². The van der Waals surface area contributed by atoms with Gasteiger partial charge in [-0.1, -0.05) is 41.9 Å². The van der Waals surface area contributed by atoms with Crippen molar-refractivity contribution < 1.29 is 14.3 Å². The Bertz CT molecular complexity index is 1100. The zero-order valence-electron chi connectivity index (χ0n) is 22.1. The Kier molecular flexibility index (Phi) is 14.8. The molecule has 2 aliphatic rings. The summed E-state index contributed by atoms with van der Waals surface area (Å²) in [5.74, 6) is -1.15. The van der Waals surface area contributed by atoms with Crippen molar-refractivity contribution in [3.05, 3.63) is 93.9 Å². The van der Waals surface area contributed by atoms with Crippen LogP contribution < -0.4 is 5.32 Å². The minimum atomic E-state index is -0.857. The van der Waals surface area contributed by atoms with Crippen molar-refractivity contribution in [2.24, 2.45) is 0 Å². The Morgan fingerprint density at radius 2 is 1.67 bits per heavy atom. The van der Waals surface area contributed by atoms with Gasteiger partial charge in [0.1, 0.15) is 12.0 Å². The predicted molar refractivity (Wildman–Crippen MR) is 163 cm³/mol. The summed E-state index contributed by atoms with van der Waals surface area (Å²) in [6.45, 7) is 9.43. The minimum Gasteiger partial charge on any atom is -0.478 e. The second kappa shape index (κ2) is 16.4. The van der Waals surface area contributed by atoms with Gasteiger partial charge in [-0.15, -0.1) is 37.2 Å². The molecule has 0 radical (unpaired) electrons. The largest absolute Gasteiger partial charge is 0.478 e. The van der Waals surface area contributed by atoms with Crippen LogP contribution in [-0.2, 0) is 24.4 Å². The van der Waals surface area contributed by atoms with Crippen LogP contribution in [0.25, 0.3) is 0 Å². The van der Waals surface area contributed by atoms with Gasteiger partial charge in [-0.25, -0.2) is 9.18 Å². The van der Waals surface area contributed by atoms with E-state index in [4.69, 9.17) is 11.6 Å². The van der Waals surface area contributed by atoms with Gasteiger partial charge >= 0.3 is 5.97 Å². The third-order valence-electron chi connectivity index (χ3n) is 6.81. The highest BCUT2D eigenvalue weighted by atomic mass is 35.5. The van der Waals surface area contributed by atoms with E-state index in [1.54, 1.807) is 18.2 Å². The molecule has 2 aliphatic heterocycles. The monoisotopic (exact) mass is 620 g/mol. The van der Waals surface area contributed by atoms with E-state index >= 15 is 0 Å². The Balaban J connectivity index is 0.00000253. The third-order valence-corrected chi connectivity index (χ3v) is 7.17. The van der Waals surface area contributed by atoms with Crippen molar-refractivity contribution in [3.8, 4) is 0 Å². The maximum absolute atomic E-state index is 13.9. The summed E-state index contributed by atoms with van der Waals surface area (Å²) in [5.41, 5.74) is 3.28. The molecule has 1 atom stereocenters. The number of aliphatic carboxylic acids is 1. The number of hydrogen-bond acceptors (Lipinski definition) is 5. The van der Waals surface area contributed by atoms with E-state index in [9.17, 15) is 14.3 Å². The smallest absolute Gasteiger partial charge is 0.335 e. The lowest BCUT2D eigenvalue weighted by Gasteiger charge is -2.46. The summed E-state index contributed by atoms with van der Waals surface area (Å²) in [5, 5.41) is 13.5. The van der Waals surface area contributed by atoms with Crippen molar-refractivity contribution in [2.75, 3.05) is 26.2 Å². The first-order chi connectivity index (χ1) is 17.3. The molecule has 0 saturated carbocycles. The number of benzene rings is 2. The molecule has 2 aromatic carbocycles. The highest BCUT2D eigenvalue weighted by molar-refractivity contribution is 6.31. The highest BCUT2D eigenvalue weighted by Gasteiger charge is 2.35. The van der Waals surface area contributed by atoms with Gasteiger partial charge in [-0.05, 0) is 49.3 Å². The lowest BCUT2D eigenvalue weighted by atomic mass is 10.0. The molecule has 11 heteroatoms. The fourth-order valence-electron chi connectivity index (χ4n) is 4.82. The summed E-state index contributed by atoms with van der Waals surface area (Å²) in [6.07, 6.45) is 5.31. The van der Waals surface area contributed by atoms with E-state index in [2.05, 4.69) is 58.1 Å². The van der Waals surface area contributed by atoms with Crippen LogP contribution in [0.2, 0.25) is 5.02 Å². The molecule has 2 N–H and O–H groups in total. The van der Waals surface area contributed by atoms with Crippen molar-refractivity contribution in [1.29, 1.82) is 0 Å². The van der Waals surface area contributed by atoms with Crippen LogP contribution in [0, 0.1) is 5.82 Å². The number of nitrogens with one attached hydrogen (secondary N) is 1. The van der Waals surface area contributed by atoms with E-state index in [0.717, 1.165) is 38.3 Å². The van der Waals surface area contributed by atoms with Gasteiger partial charge in [0.15, 0.2) is 0 Å². The second-order valence-electron chi connectivity index (χ2n) is 9.62. The van der Waals surface area contributed by atoms with Gasteiger partial charge in [-0.3, -0.25) is 9.80 Å². The molecule has 2 heterocycles. The quantitative estimate of drug-likeness (QED) is 0.373. The fraction of sp³-hybridized carbons (Fsp3) is 0.393. The first-order valence-corrected chi connectivity index (χ1v) is 12.8. The van der Waals surface area contributed by atoms with Gasteiger partial charge < -0.3 is 15.3 Å². The Morgan fingerprint density at radius 3 is 2.26 bits per heavy atom. The highest BCUT2D eigenvalue weighted by Crippen LogP contribution is 2.25. The predicted octanol–water partition coefficient (Wildman–Crippen LogP) is 5.73. The number of piperazine rings is 1. The van der Waals surface area contributed by atoms with Crippen molar-refractivity contribution in [3.63, 3.8) is 0 Å². The number of carboxylic acid groups (broad SMARTS) is 1. The number of carbonyl (C=O) groups is 1. The maximum atomic E-state index is 13.9. The molecule has 216 valence electrons. The molecule has 1 fully saturated rings. The molecule has 1 saturated heterocycles. The first kappa shape index (κ1) is 35.2. The standard InChI is InChI=1S/C28H34ClFN4O2.3ClH/c1-20(2)34-12-4-5-23(28(35)36)27(34)33-15-13-32(14-16-33)19-22-10-8-21(9-11-22)17-31-18-24-25(29)6-3-7-26(24)30;;;/h3-12,20,27,31H,13-19H2,1-2H3,(H,35,36);3*1H. The van der Waals surface area contributed by atoms with Crippen LogP contribution in [0.3, 0.4) is 0 Å². The number of rotatable bonds is 9. The SMILES string of the molecule is CC(C)N1C=CC=C(C(=O)O)C1N1CCN(Cc2ccc(CNCc3c(F)cccc3Cl)cc2)CC1.Cl.Cl.Cl. The van der Waals surface area contributed by atoms with Crippen LogP contribution in [0.1, 0.15) is 30.5 Å². The molecular weight excluding hydrogens is 585 g/mol. The third kappa shape index (κ3) is 9.08. The molecule has 2 aromatic rings. The zero-order valence-corrected chi connectivity index (χ0v) is 25.3. The van der Waals surface area contributed by atoms with E-state index in [1.807, 2.05) is 12.3 Å². The molecule has 0 aromatic heterocycles. The van der Waals surface area contributed by atoms with Crippen LogP contribution in [0.4, 0.5) is 4.39 Å². The normalized spacial score (nSPS) is 17.6. The van der Waals surface area contributed by atoms with Gasteiger partial charge in [0.25, 0.3) is 0 Å². The molecule has 0 amide bonds. The number of nitrogens with zero attached hydrogens (tertiary/aromatic N) is 3. The van der Waals surface area contributed by atoms with Gasteiger partial charge in [-0.2, -0.15) is 0 Å². The van der Waals surface area contributed by atoms with E-state index in [-0.39, 0.29) is 55.2 Å². The van der Waals surface area contributed by atoms with Crippen LogP contribution in [0.15, 0.2) is 66.4 Å². The Labute approximate surface area is 254 Å². The zero-order chi connectivity index (χ0) is 25.7. The van der Waals surface area contributed by atoms with Crippen LogP contribution in [-0.4, -0.2) is 64.2 Å². The van der Waals surface area contributed by atoms with E-state index in [1.165, 1.54) is 11.6 Å². The van der Waals surface area contributed by atoms with E-state index in [0.29, 0.717) is 29.2 Å². The molecule has 1 unspecified atom stereocenters. The summed E-state index contributed by atoms with van der Waals surface area (Å²) < 4.78 is 13.9. The second-order valence-corrected chi connectivity index (χ2v) is 10.0. The summed E-state index contributed by atoms with van der Waals surface area (Å²) >= 11 is 6.10. The average molecular weight is 622 g/mol. The summed E-state index contributed by atoms with van der Waals surface area (Å²) in [6, 6.07) is 13.4. The lowest BCUT2D eigenvalue weighted by Crippen LogP contribution is -2.57. The molecule has 6 nitrogen and oxygen atoms in total. The minimum absolute atomic E-state index is 0. The molecular formula is C28H37Cl4FN4O2. The van der Waals surface area contributed by atoms with Crippen LogP contribution >= 0.6 is 48.8 Å². The maximum Gasteiger partial charge on any atom is 0.335 e. The van der Waals surface area contributed by atoms with Crippen LogP contribution in [0.5, 0.6) is 0 Å². The lowest BCUT2D eigenvalue weighted by molar-refractivity contribution is -0.134. The fourth-order valence-corrected chi connectivity index (χ4v) is 5.05. The van der Waals surface area contributed by atoms with Gasteiger partial charge in [0.05, 0.1) is 5.57 Å². The number of carboxylic acids is 1. The van der Waals surface area contributed by atoms with Crippen molar-refractivity contribution in [1.82, 2.24) is 20.0 Å². The molecule has 0 spiro atoms. The molecule has 0 bridgehead atoms. The summed E-state index contributed by atoms with van der Waals surface area (Å²) in [4.78, 5) is 18.7. The van der Waals surface area contributed by atoms with Gasteiger partial charge in [0.2, 0.25) is 0 Å². The topological polar surface area (TPSA) is 59.1 Å². The number of allylic oxidation sites excluding steroid dienone is 2.